The van der Waals surface area contributed by atoms with Gasteiger partial charge in [0.05, 0.1) is 19.2 Å². The standard InChI is InChI=1S/C35H54N6O8/c1-10-14-24(28(43)31(45)36-18-26(42)38-27(32(46)40(8)9)23-15-12-11-13-16-23)37-30(44)25-17-22(4)19-41(25)33(47)29(35(5,6)7)39-34(48)49-20-21(2)3/h11-13,15-16,21-22,24-25,27,29H,10,14,17-20H2,1-9H3,(H,36,45)(H,37,44)(H,38,42)(H,39,48)/t22-,24-,25-,27-,29+/m0/s1. The lowest BCUT2D eigenvalue weighted by Gasteiger charge is -2.35. The summed E-state index contributed by atoms with van der Waals surface area (Å²) in [6.07, 6.45) is 0.179. The maximum absolute atomic E-state index is 13.9. The minimum absolute atomic E-state index is 0.0468. The first-order chi connectivity index (χ1) is 22.9. The quantitative estimate of drug-likeness (QED) is 0.202. The normalized spacial score (nSPS) is 17.7. The van der Waals surface area contributed by atoms with Crippen molar-refractivity contribution in [1.29, 1.82) is 0 Å². The Morgan fingerprint density at radius 3 is 2.16 bits per heavy atom. The summed E-state index contributed by atoms with van der Waals surface area (Å²) in [5.41, 5.74) is -0.167. The minimum Gasteiger partial charge on any atom is -0.449 e. The van der Waals surface area contributed by atoms with Gasteiger partial charge in [0.25, 0.3) is 5.91 Å². The zero-order chi connectivity index (χ0) is 37.1. The molecule has 6 amide bonds. The van der Waals surface area contributed by atoms with Crippen LogP contribution in [-0.2, 0) is 33.5 Å². The van der Waals surface area contributed by atoms with Gasteiger partial charge in [-0.2, -0.15) is 0 Å². The SMILES string of the molecule is CCC[C@H](NC(=O)[C@@H]1C[C@H](C)CN1C(=O)[C@@H](NC(=O)OCC(C)C)C(C)(C)C)C(=O)C(=O)NCC(=O)N[C@H](C(=O)N(C)C)c1ccccc1. The molecular formula is C35H54N6O8. The Hall–Kier alpha value is -4.49. The topological polar surface area (TPSA) is 183 Å². The zero-order valence-corrected chi connectivity index (χ0v) is 30.3. The lowest BCUT2D eigenvalue weighted by Crippen LogP contribution is -2.59. The van der Waals surface area contributed by atoms with Crippen LogP contribution < -0.4 is 21.3 Å². The summed E-state index contributed by atoms with van der Waals surface area (Å²) in [4.78, 5) is 94.4. The molecule has 0 saturated carbocycles. The second-order valence-corrected chi connectivity index (χ2v) is 14.3. The number of hydrogen-bond acceptors (Lipinski definition) is 8. The monoisotopic (exact) mass is 686 g/mol. The van der Waals surface area contributed by atoms with E-state index in [9.17, 15) is 33.6 Å². The van der Waals surface area contributed by atoms with E-state index in [1.807, 2.05) is 20.8 Å². The molecule has 5 atom stereocenters. The van der Waals surface area contributed by atoms with Crippen molar-refractivity contribution in [2.45, 2.75) is 91.9 Å². The Labute approximate surface area is 289 Å². The van der Waals surface area contributed by atoms with E-state index >= 15 is 0 Å². The maximum Gasteiger partial charge on any atom is 0.407 e. The Morgan fingerprint density at radius 1 is 0.980 bits per heavy atom. The molecule has 0 bridgehead atoms. The molecule has 0 aliphatic carbocycles. The van der Waals surface area contributed by atoms with E-state index in [1.165, 1.54) is 9.80 Å². The predicted molar refractivity (Wildman–Crippen MR) is 183 cm³/mol. The summed E-state index contributed by atoms with van der Waals surface area (Å²) < 4.78 is 5.24. The fourth-order valence-electron chi connectivity index (χ4n) is 5.39. The van der Waals surface area contributed by atoms with E-state index < -0.39 is 71.6 Å². The van der Waals surface area contributed by atoms with Crippen LogP contribution in [0.15, 0.2) is 30.3 Å². The predicted octanol–water partition coefficient (Wildman–Crippen LogP) is 1.94. The number of likely N-dealkylation sites (N-methyl/N-ethyl adjacent to an activating group) is 1. The number of alkyl carbamates (subject to hydrolysis) is 1. The van der Waals surface area contributed by atoms with Crippen molar-refractivity contribution in [1.82, 2.24) is 31.1 Å². The van der Waals surface area contributed by atoms with Gasteiger partial charge in [-0.25, -0.2) is 4.79 Å². The van der Waals surface area contributed by atoms with Crippen molar-refractivity contribution < 1.29 is 38.3 Å². The lowest BCUT2D eigenvalue weighted by atomic mass is 9.85. The van der Waals surface area contributed by atoms with Crippen LogP contribution >= 0.6 is 0 Å². The molecule has 1 heterocycles. The fourth-order valence-corrected chi connectivity index (χ4v) is 5.39. The molecule has 1 aliphatic heterocycles. The molecule has 1 aromatic carbocycles. The largest absolute Gasteiger partial charge is 0.449 e. The van der Waals surface area contributed by atoms with Gasteiger partial charge in [-0.1, -0.05) is 85.2 Å². The number of benzene rings is 1. The average Bonchev–Trinajstić information content (AvgIpc) is 3.44. The van der Waals surface area contributed by atoms with Crippen LogP contribution in [0.5, 0.6) is 0 Å². The number of carbonyl (C=O) groups is 7. The van der Waals surface area contributed by atoms with Gasteiger partial charge in [-0.3, -0.25) is 28.8 Å². The molecule has 49 heavy (non-hydrogen) atoms. The van der Waals surface area contributed by atoms with Crippen LogP contribution in [0.2, 0.25) is 0 Å². The molecule has 4 N–H and O–H groups in total. The number of nitrogens with zero attached hydrogens (tertiary/aromatic N) is 2. The lowest BCUT2D eigenvalue weighted by molar-refractivity contribution is -0.144. The van der Waals surface area contributed by atoms with Gasteiger partial charge < -0.3 is 35.8 Å². The van der Waals surface area contributed by atoms with Gasteiger partial charge in [0.2, 0.25) is 29.4 Å². The summed E-state index contributed by atoms with van der Waals surface area (Å²) in [5, 5.41) is 10.2. The summed E-state index contributed by atoms with van der Waals surface area (Å²) in [5.74, 6) is -4.09. The van der Waals surface area contributed by atoms with E-state index in [2.05, 4.69) is 21.3 Å². The number of amides is 6. The highest BCUT2D eigenvalue weighted by molar-refractivity contribution is 6.38. The number of nitrogens with one attached hydrogen (secondary N) is 4. The molecule has 14 nitrogen and oxygen atoms in total. The van der Waals surface area contributed by atoms with Crippen molar-refractivity contribution in [3.05, 3.63) is 35.9 Å². The first kappa shape index (κ1) is 40.7. The van der Waals surface area contributed by atoms with Crippen molar-refractivity contribution in [2.75, 3.05) is 33.8 Å². The molecule has 2 rings (SSSR count). The first-order valence-corrected chi connectivity index (χ1v) is 16.8. The van der Waals surface area contributed by atoms with Gasteiger partial charge in [-0.15, -0.1) is 0 Å². The second kappa shape index (κ2) is 18.3. The molecule has 1 saturated heterocycles. The number of carbonyl (C=O) groups excluding carboxylic acids is 7. The molecule has 1 aromatic rings. The van der Waals surface area contributed by atoms with E-state index in [0.29, 0.717) is 18.4 Å². The third-order valence-electron chi connectivity index (χ3n) is 7.99. The molecule has 1 fully saturated rings. The molecule has 1 aliphatic rings. The van der Waals surface area contributed by atoms with Crippen LogP contribution in [0, 0.1) is 17.3 Å². The average molecular weight is 687 g/mol. The van der Waals surface area contributed by atoms with Crippen LogP contribution in [-0.4, -0.2) is 103 Å². The second-order valence-electron chi connectivity index (χ2n) is 14.3. The van der Waals surface area contributed by atoms with Gasteiger partial charge in [0.1, 0.15) is 18.1 Å². The van der Waals surface area contributed by atoms with Crippen LogP contribution in [0.3, 0.4) is 0 Å². The zero-order valence-electron chi connectivity index (χ0n) is 30.3. The molecule has 14 heteroatoms. The number of hydrogen-bond donors (Lipinski definition) is 4. The Morgan fingerprint density at radius 2 is 1.61 bits per heavy atom. The first-order valence-electron chi connectivity index (χ1n) is 16.8. The summed E-state index contributed by atoms with van der Waals surface area (Å²) in [6.45, 7) is 12.7. The molecule has 0 unspecified atom stereocenters. The van der Waals surface area contributed by atoms with Gasteiger partial charge in [0, 0.05) is 20.6 Å². The van der Waals surface area contributed by atoms with Crippen molar-refractivity contribution in [2.24, 2.45) is 17.3 Å². The van der Waals surface area contributed by atoms with Crippen molar-refractivity contribution >= 4 is 41.4 Å². The molecule has 272 valence electrons. The number of ketones is 1. The summed E-state index contributed by atoms with van der Waals surface area (Å²) in [6, 6.07) is 4.47. The smallest absolute Gasteiger partial charge is 0.407 e. The molecule has 0 radical (unpaired) electrons. The Kier molecular flexibility index (Phi) is 15.2. The van der Waals surface area contributed by atoms with Crippen molar-refractivity contribution in [3.8, 4) is 0 Å². The Balaban J connectivity index is 2.12. The molecule has 0 aromatic heterocycles. The van der Waals surface area contributed by atoms with E-state index in [4.69, 9.17) is 4.74 Å². The van der Waals surface area contributed by atoms with Gasteiger partial charge in [-0.05, 0) is 35.7 Å². The number of Topliss-reactive ketones (excluding diaryl/α,β-unsaturated/α-hetero) is 1. The Bertz CT molecular complexity index is 1340. The summed E-state index contributed by atoms with van der Waals surface area (Å²) >= 11 is 0. The maximum atomic E-state index is 13.9. The highest BCUT2D eigenvalue weighted by Gasteiger charge is 2.45. The molecule has 0 spiro atoms. The highest BCUT2D eigenvalue weighted by atomic mass is 16.5. The number of rotatable bonds is 15. The van der Waals surface area contributed by atoms with Crippen molar-refractivity contribution in [3.63, 3.8) is 0 Å². The van der Waals surface area contributed by atoms with Crippen LogP contribution in [0.25, 0.3) is 0 Å². The third-order valence-corrected chi connectivity index (χ3v) is 7.99. The highest BCUT2D eigenvalue weighted by Crippen LogP contribution is 2.28. The molecular weight excluding hydrogens is 632 g/mol. The van der Waals surface area contributed by atoms with Gasteiger partial charge >= 0.3 is 6.09 Å². The summed E-state index contributed by atoms with van der Waals surface area (Å²) in [7, 11) is 3.11. The minimum atomic E-state index is -1.21. The van der Waals surface area contributed by atoms with Crippen LogP contribution in [0.1, 0.15) is 79.3 Å². The fraction of sp³-hybridized carbons (Fsp3) is 0.629. The van der Waals surface area contributed by atoms with Gasteiger partial charge in [0.15, 0.2) is 0 Å². The van der Waals surface area contributed by atoms with E-state index in [1.54, 1.807) is 72.1 Å². The van der Waals surface area contributed by atoms with E-state index in [0.717, 1.165) is 0 Å². The third kappa shape index (κ3) is 12.2. The number of ether oxygens (including phenoxy) is 1. The van der Waals surface area contributed by atoms with E-state index in [-0.39, 0.29) is 37.3 Å². The van der Waals surface area contributed by atoms with Crippen LogP contribution in [0.4, 0.5) is 4.79 Å². The number of likely N-dealkylation sites (tertiary alicyclic amines) is 1.